The summed E-state index contributed by atoms with van der Waals surface area (Å²) in [5, 5.41) is 9.60. The van der Waals surface area contributed by atoms with Gasteiger partial charge in [-0.05, 0) is 0 Å². The fraction of sp³-hybridized carbons (Fsp3) is 0. The van der Waals surface area contributed by atoms with E-state index >= 15 is 0 Å². The normalized spacial score (nSPS) is 6.40. The molecule has 0 spiro atoms. The Morgan fingerprint density at radius 3 is 2.20 bits per heavy atom. The largest absolute Gasteiger partial charge is 0.337 e. The Bertz CT molecular complexity index is 55.9. The highest BCUT2D eigenvalue weighted by molar-refractivity contribution is 3.90. The van der Waals surface area contributed by atoms with E-state index in [2.05, 4.69) is 0 Å². The zero-order chi connectivity index (χ0) is 4.28. The molecule has 0 saturated heterocycles. The van der Waals surface area contributed by atoms with E-state index in [0.717, 1.165) is 0 Å². The Hall–Kier alpha value is -1.00. The molecule has 1 N–H and O–H groups in total. The fourth-order valence-electron chi connectivity index (χ4n) is 0. The summed E-state index contributed by atoms with van der Waals surface area (Å²) in [6, 6.07) is 0. The Morgan fingerprint density at radius 1 is 2.00 bits per heavy atom. The van der Waals surface area contributed by atoms with Gasteiger partial charge in [0.15, 0.2) is 5.22 Å². The van der Waals surface area contributed by atoms with Crippen LogP contribution in [0.1, 0.15) is 0 Å². The van der Waals surface area contributed by atoms with Crippen LogP contribution in [0.4, 0.5) is 0 Å². The summed E-state index contributed by atoms with van der Waals surface area (Å²) in [6.45, 7) is 0. The van der Waals surface area contributed by atoms with Crippen molar-refractivity contribution in [1.82, 2.24) is 0 Å². The van der Waals surface area contributed by atoms with E-state index in [4.69, 9.17) is 15.6 Å². The van der Waals surface area contributed by atoms with Crippen LogP contribution in [0.3, 0.4) is 0 Å². The number of nitrogens with one attached hydrogen (secondary N) is 1. The van der Waals surface area contributed by atoms with Gasteiger partial charge in [-0.15, -0.1) is 0 Å². The highest BCUT2D eigenvalue weighted by atomic mass is 16.7. The molecule has 5 nitrogen and oxygen atoms in total. The average molecular weight is 75.0 g/mol. The molecule has 28 valence electrons. The summed E-state index contributed by atoms with van der Waals surface area (Å²) in [6.07, 6.45) is 0. The zero-order valence-corrected chi connectivity index (χ0v) is 2.21. The lowest BCUT2D eigenvalue weighted by Crippen LogP contribution is -1.77. The van der Waals surface area contributed by atoms with Crippen LogP contribution in [0.5, 0.6) is 0 Å². The van der Waals surface area contributed by atoms with E-state index in [-0.39, 0.29) is 0 Å². The topological polar surface area (TPSA) is 79.3 Å². The smallest absolute Gasteiger partial charge is 0.174 e. The molecule has 0 rings (SSSR count). The molecular formula is HN3O2. The molecule has 0 amide bonds. The van der Waals surface area contributed by atoms with Crippen LogP contribution >= 0.6 is 0 Å². The van der Waals surface area contributed by atoms with Gasteiger partial charge in [-0.1, -0.05) is 0 Å². The third kappa shape index (κ3) is 3.00. The molecule has 5 heteroatoms. The van der Waals surface area contributed by atoms with Gasteiger partial charge in [0.1, 0.15) is 0 Å². The van der Waals surface area contributed by atoms with Crippen molar-refractivity contribution >= 4 is 0 Å². The second-order valence-electron chi connectivity index (χ2n) is 0.338. The predicted octanol–water partition coefficient (Wildman–Crippen LogP) is 0.209. The third-order valence-electron chi connectivity index (χ3n) is 0.0816. The van der Waals surface area contributed by atoms with Crippen molar-refractivity contribution in [3.05, 3.63) is 10.1 Å². The lowest BCUT2D eigenvalue weighted by molar-refractivity contribution is -0.497. The Morgan fingerprint density at radius 2 is 2.20 bits per heavy atom. The first kappa shape index (κ1) is 4.00. The van der Waals surface area contributed by atoms with Crippen molar-refractivity contribution in [1.29, 1.82) is 5.53 Å². The first-order valence-corrected chi connectivity index (χ1v) is 0.789. The zero-order valence-electron chi connectivity index (χ0n) is 2.21. The van der Waals surface area contributed by atoms with Gasteiger partial charge in [0.25, 0.3) is 0 Å². The van der Waals surface area contributed by atoms with Crippen molar-refractivity contribution < 1.29 is 5.03 Å². The summed E-state index contributed by atoms with van der Waals surface area (Å²) in [5.74, 6) is 0. The van der Waals surface area contributed by atoms with Crippen molar-refractivity contribution in [2.45, 2.75) is 0 Å². The lowest BCUT2D eigenvalue weighted by Gasteiger charge is -1.68. The molecule has 0 aliphatic heterocycles. The van der Waals surface area contributed by atoms with Crippen molar-refractivity contribution in [2.24, 2.45) is 5.22 Å². The van der Waals surface area contributed by atoms with Gasteiger partial charge < -0.3 is 10.1 Å². The first-order valence-electron chi connectivity index (χ1n) is 0.789. The van der Waals surface area contributed by atoms with E-state index < -0.39 is 5.03 Å². The number of nitrogens with zero attached hydrogens (tertiary/aromatic N) is 2. The highest BCUT2D eigenvalue weighted by Gasteiger charge is 1.67. The highest BCUT2D eigenvalue weighted by Crippen LogP contribution is 1.58. The summed E-state index contributed by atoms with van der Waals surface area (Å²) in [5.41, 5.74) is 5.58. The minimum absolute atomic E-state index is 1.08. The second-order valence-corrected chi connectivity index (χ2v) is 0.338. The molecule has 0 unspecified atom stereocenters. The monoisotopic (exact) mass is 75.0 g/mol. The van der Waals surface area contributed by atoms with Crippen molar-refractivity contribution in [2.75, 3.05) is 0 Å². The van der Waals surface area contributed by atoms with E-state index in [0.29, 0.717) is 0 Å². The van der Waals surface area contributed by atoms with Gasteiger partial charge in [-0.3, -0.25) is 0 Å². The van der Waals surface area contributed by atoms with Crippen LogP contribution in [0.15, 0.2) is 5.22 Å². The molecule has 0 heterocycles. The Labute approximate surface area is 27.2 Å². The molecule has 0 aromatic heterocycles. The molecule has 0 atom stereocenters. The molecule has 0 radical (unpaired) electrons. The molecular weight excluding hydrogens is 74.0 g/mol. The van der Waals surface area contributed by atoms with Gasteiger partial charge >= 0.3 is 0 Å². The van der Waals surface area contributed by atoms with E-state index in [1.807, 2.05) is 5.22 Å². The average Bonchev–Trinajstić information content (AvgIpc) is 1.38. The van der Waals surface area contributed by atoms with Gasteiger partial charge in [0.05, 0.1) is 5.03 Å². The number of hydrogen-bond acceptors (Lipinski definition) is 3. The van der Waals surface area contributed by atoms with Crippen molar-refractivity contribution in [3.63, 3.8) is 0 Å². The second kappa shape index (κ2) is 1.33. The van der Waals surface area contributed by atoms with E-state index in [9.17, 15) is 0 Å². The maximum atomic E-state index is 8.82. The predicted molar refractivity (Wildman–Crippen MR) is 12.1 cm³/mol. The van der Waals surface area contributed by atoms with Crippen molar-refractivity contribution in [3.8, 4) is 0 Å². The molecule has 0 fully saturated rings. The van der Waals surface area contributed by atoms with Crippen LogP contribution in [-0.2, 0) is 0 Å². The molecule has 0 aromatic carbocycles. The first-order chi connectivity index (χ1) is 2.27. The van der Waals surface area contributed by atoms with Gasteiger partial charge in [0, 0.05) is 5.53 Å². The molecule has 0 aliphatic rings. The summed E-state index contributed by atoms with van der Waals surface area (Å²) in [7, 11) is 0. The molecule has 5 heavy (non-hydrogen) atoms. The van der Waals surface area contributed by atoms with E-state index in [1.54, 1.807) is 0 Å². The maximum Gasteiger partial charge on any atom is 0.174 e. The van der Waals surface area contributed by atoms with Crippen LogP contribution in [0.2, 0.25) is 0 Å². The van der Waals surface area contributed by atoms with Gasteiger partial charge in [-0.25, -0.2) is 0 Å². The summed E-state index contributed by atoms with van der Waals surface area (Å²) in [4.78, 5) is 8.82. The minimum atomic E-state index is -1.08. The molecule has 0 aromatic rings. The third-order valence-corrected chi connectivity index (χ3v) is 0.0816. The molecule has 0 aliphatic carbocycles. The van der Waals surface area contributed by atoms with Crippen LogP contribution < -0.4 is 0 Å². The minimum Gasteiger partial charge on any atom is -0.337 e. The lowest BCUT2D eigenvalue weighted by atomic mass is 12.6. The summed E-state index contributed by atoms with van der Waals surface area (Å²) < 4.78 is 0. The number of hydrogen-bond donors (Lipinski definition) is 1. The van der Waals surface area contributed by atoms with Crippen LogP contribution in [-0.4, -0.2) is 5.03 Å². The van der Waals surface area contributed by atoms with Gasteiger partial charge in [0.2, 0.25) is 0 Å². The maximum absolute atomic E-state index is 8.82. The standard InChI is InChI=1S/HN3O2/c1-2-3(4)5/h1H. The Kier molecular flexibility index (Phi) is 1.07. The number of nitro groups is 1. The van der Waals surface area contributed by atoms with Crippen LogP contribution in [0, 0.1) is 15.6 Å². The molecule has 0 saturated carbocycles. The van der Waals surface area contributed by atoms with E-state index in [1.165, 1.54) is 0 Å². The van der Waals surface area contributed by atoms with Gasteiger partial charge in [-0.2, -0.15) is 0 Å². The van der Waals surface area contributed by atoms with Crippen LogP contribution in [0.25, 0.3) is 0 Å². The SMILES string of the molecule is N=N[N+](=O)[O-]. The summed E-state index contributed by atoms with van der Waals surface area (Å²) >= 11 is 0. The number of rotatable bonds is 1. The quantitative estimate of drug-likeness (QED) is 0.274. The Balaban J connectivity index is 3.20. The molecule has 0 bridgehead atoms. The fourth-order valence-corrected chi connectivity index (χ4v) is 0.